The maximum Gasteiger partial charge on any atom is 0.313 e. The molecule has 0 aliphatic carbocycles. The molecule has 0 radical (unpaired) electrons. The lowest BCUT2D eigenvalue weighted by Crippen LogP contribution is -2.21. The number of anilines is 1. The molecule has 1 aromatic rings. The van der Waals surface area contributed by atoms with Crippen molar-refractivity contribution in [1.29, 1.82) is 0 Å². The molecule has 0 aliphatic rings. The van der Waals surface area contributed by atoms with Crippen molar-refractivity contribution in [1.82, 2.24) is 10.2 Å². The largest absolute Gasteiger partial charge is 0.481 e. The van der Waals surface area contributed by atoms with Crippen molar-refractivity contribution in [2.75, 3.05) is 11.1 Å². The van der Waals surface area contributed by atoms with Crippen molar-refractivity contribution >= 4 is 40.1 Å². The van der Waals surface area contributed by atoms with E-state index in [9.17, 15) is 9.59 Å². The van der Waals surface area contributed by atoms with Crippen molar-refractivity contribution in [2.45, 2.75) is 31.0 Å². The molecule has 0 bridgehead atoms. The second kappa shape index (κ2) is 7.32. The predicted octanol–water partition coefficient (Wildman–Crippen LogP) is 2.09. The van der Waals surface area contributed by atoms with Crippen LogP contribution in [0.3, 0.4) is 0 Å². The number of carboxylic acid groups (broad SMARTS) is 1. The molecule has 0 spiro atoms. The zero-order chi connectivity index (χ0) is 13.5. The van der Waals surface area contributed by atoms with Crippen LogP contribution < -0.4 is 5.32 Å². The molecule has 1 aromatic heterocycles. The summed E-state index contributed by atoms with van der Waals surface area (Å²) in [5.41, 5.74) is 0. The van der Waals surface area contributed by atoms with Crippen LogP contribution in [0.25, 0.3) is 0 Å². The van der Waals surface area contributed by atoms with Gasteiger partial charge in [0.1, 0.15) is 0 Å². The van der Waals surface area contributed by atoms with Gasteiger partial charge in [-0.1, -0.05) is 36.9 Å². The number of nitrogens with zero attached hydrogens (tertiary/aromatic N) is 2. The van der Waals surface area contributed by atoms with Crippen LogP contribution in [0.2, 0.25) is 0 Å². The SMILES string of the molecule is CCC(CC)C(=O)Nc1nnc(SCC(=O)O)s1. The van der Waals surface area contributed by atoms with Crippen LogP contribution in [0.15, 0.2) is 4.34 Å². The Kier molecular flexibility index (Phi) is 6.06. The smallest absolute Gasteiger partial charge is 0.313 e. The van der Waals surface area contributed by atoms with Crippen molar-refractivity contribution < 1.29 is 14.7 Å². The lowest BCUT2D eigenvalue weighted by atomic mass is 10.0. The van der Waals surface area contributed by atoms with E-state index >= 15 is 0 Å². The van der Waals surface area contributed by atoms with Crippen LogP contribution in [-0.4, -0.2) is 32.9 Å². The van der Waals surface area contributed by atoms with E-state index in [4.69, 9.17) is 5.11 Å². The Morgan fingerprint density at radius 3 is 2.61 bits per heavy atom. The van der Waals surface area contributed by atoms with Gasteiger partial charge in [0.05, 0.1) is 5.75 Å². The van der Waals surface area contributed by atoms with Gasteiger partial charge in [-0.25, -0.2) is 0 Å². The number of thioether (sulfide) groups is 1. The van der Waals surface area contributed by atoms with E-state index in [1.165, 1.54) is 11.3 Å². The average Bonchev–Trinajstić information content (AvgIpc) is 2.75. The zero-order valence-electron chi connectivity index (χ0n) is 10.2. The van der Waals surface area contributed by atoms with E-state index in [0.29, 0.717) is 9.47 Å². The van der Waals surface area contributed by atoms with Crippen molar-refractivity contribution in [2.24, 2.45) is 5.92 Å². The topological polar surface area (TPSA) is 92.2 Å². The molecule has 8 heteroatoms. The normalized spacial score (nSPS) is 10.6. The van der Waals surface area contributed by atoms with E-state index in [-0.39, 0.29) is 17.6 Å². The fourth-order valence-corrected chi connectivity index (χ4v) is 2.78. The monoisotopic (exact) mass is 289 g/mol. The highest BCUT2D eigenvalue weighted by Gasteiger charge is 2.16. The van der Waals surface area contributed by atoms with Crippen LogP contribution in [0.4, 0.5) is 5.13 Å². The molecule has 0 aromatic carbocycles. The summed E-state index contributed by atoms with van der Waals surface area (Å²) in [6.45, 7) is 3.92. The van der Waals surface area contributed by atoms with E-state index in [1.54, 1.807) is 0 Å². The lowest BCUT2D eigenvalue weighted by molar-refractivity contribution is -0.133. The lowest BCUT2D eigenvalue weighted by Gasteiger charge is -2.09. The van der Waals surface area contributed by atoms with Gasteiger partial charge in [0, 0.05) is 5.92 Å². The summed E-state index contributed by atoms with van der Waals surface area (Å²) in [7, 11) is 0. The third-order valence-corrected chi connectivity index (χ3v) is 4.27. The number of aromatic nitrogens is 2. The summed E-state index contributed by atoms with van der Waals surface area (Å²) >= 11 is 2.28. The zero-order valence-corrected chi connectivity index (χ0v) is 11.8. The summed E-state index contributed by atoms with van der Waals surface area (Å²) in [4.78, 5) is 22.2. The highest BCUT2D eigenvalue weighted by atomic mass is 32.2. The van der Waals surface area contributed by atoms with E-state index in [0.717, 1.165) is 24.6 Å². The fourth-order valence-electron chi connectivity index (χ4n) is 1.31. The number of nitrogens with one attached hydrogen (secondary N) is 1. The molecule has 6 nitrogen and oxygen atoms in total. The number of carbonyl (C=O) groups excluding carboxylic acids is 1. The highest BCUT2D eigenvalue weighted by molar-refractivity contribution is 8.01. The first-order valence-electron chi connectivity index (χ1n) is 5.55. The fraction of sp³-hybridized carbons (Fsp3) is 0.600. The second-order valence-electron chi connectivity index (χ2n) is 3.56. The van der Waals surface area contributed by atoms with Crippen LogP contribution in [0, 0.1) is 5.92 Å². The number of hydrogen-bond acceptors (Lipinski definition) is 6. The van der Waals surface area contributed by atoms with Gasteiger partial charge in [0.25, 0.3) is 0 Å². The summed E-state index contributed by atoms with van der Waals surface area (Å²) < 4.78 is 0.539. The number of carbonyl (C=O) groups is 2. The Balaban J connectivity index is 2.53. The van der Waals surface area contributed by atoms with Gasteiger partial charge in [-0.05, 0) is 12.8 Å². The third kappa shape index (κ3) is 4.61. The minimum absolute atomic E-state index is 0.0241. The number of hydrogen-bond donors (Lipinski definition) is 2. The Morgan fingerprint density at radius 1 is 1.39 bits per heavy atom. The number of amides is 1. The van der Waals surface area contributed by atoms with E-state index in [2.05, 4.69) is 15.5 Å². The molecule has 0 saturated carbocycles. The highest BCUT2D eigenvalue weighted by Crippen LogP contribution is 2.25. The molecule has 18 heavy (non-hydrogen) atoms. The minimum Gasteiger partial charge on any atom is -0.481 e. The van der Waals surface area contributed by atoms with Gasteiger partial charge in [0.2, 0.25) is 11.0 Å². The second-order valence-corrected chi connectivity index (χ2v) is 5.76. The molecule has 1 rings (SSSR count). The summed E-state index contributed by atoms with van der Waals surface area (Å²) in [6.07, 6.45) is 1.56. The van der Waals surface area contributed by atoms with Crippen molar-refractivity contribution in [3.8, 4) is 0 Å². The molecule has 0 unspecified atom stereocenters. The Hall–Kier alpha value is -1.15. The molecule has 0 atom stereocenters. The first kappa shape index (κ1) is 14.9. The quantitative estimate of drug-likeness (QED) is 0.590. The van der Waals surface area contributed by atoms with Gasteiger partial charge < -0.3 is 10.4 Å². The Morgan fingerprint density at radius 2 is 2.06 bits per heavy atom. The third-order valence-electron chi connectivity index (χ3n) is 2.31. The summed E-state index contributed by atoms with van der Waals surface area (Å²) in [5, 5.41) is 19.3. The summed E-state index contributed by atoms with van der Waals surface area (Å²) in [5.74, 6) is -1.05. The molecule has 0 fully saturated rings. The van der Waals surface area contributed by atoms with Crippen LogP contribution in [0.5, 0.6) is 0 Å². The number of aliphatic carboxylic acids is 1. The predicted molar refractivity (Wildman–Crippen MR) is 71.0 cm³/mol. The molecule has 2 N–H and O–H groups in total. The first-order valence-corrected chi connectivity index (χ1v) is 7.36. The van der Waals surface area contributed by atoms with Crippen LogP contribution in [0.1, 0.15) is 26.7 Å². The maximum absolute atomic E-state index is 11.8. The van der Waals surface area contributed by atoms with Gasteiger partial charge in [-0.15, -0.1) is 10.2 Å². The molecular weight excluding hydrogens is 274 g/mol. The van der Waals surface area contributed by atoms with Gasteiger partial charge in [0.15, 0.2) is 4.34 Å². The summed E-state index contributed by atoms with van der Waals surface area (Å²) in [6, 6.07) is 0. The maximum atomic E-state index is 11.8. The van der Waals surface area contributed by atoms with E-state index in [1.807, 2.05) is 13.8 Å². The molecule has 0 aliphatic heterocycles. The number of carboxylic acids is 1. The van der Waals surface area contributed by atoms with Crippen LogP contribution >= 0.6 is 23.1 Å². The van der Waals surface area contributed by atoms with Gasteiger partial charge in [-0.3, -0.25) is 9.59 Å². The molecule has 0 saturated heterocycles. The van der Waals surface area contributed by atoms with Crippen molar-refractivity contribution in [3.05, 3.63) is 0 Å². The Labute approximate surface area is 113 Å². The average molecular weight is 289 g/mol. The molecule has 100 valence electrons. The molecule has 1 amide bonds. The van der Waals surface area contributed by atoms with Crippen LogP contribution in [-0.2, 0) is 9.59 Å². The van der Waals surface area contributed by atoms with E-state index < -0.39 is 5.97 Å². The first-order chi connectivity index (χ1) is 8.56. The van der Waals surface area contributed by atoms with Gasteiger partial charge >= 0.3 is 5.97 Å². The molecule has 1 heterocycles. The minimum atomic E-state index is -0.905. The number of rotatable bonds is 7. The van der Waals surface area contributed by atoms with Crippen molar-refractivity contribution in [3.63, 3.8) is 0 Å². The Bertz CT molecular complexity index is 418. The van der Waals surface area contributed by atoms with Gasteiger partial charge in [-0.2, -0.15) is 0 Å². The standard InChI is InChI=1S/C10H15N3O3S2/c1-3-6(4-2)8(16)11-9-12-13-10(18-9)17-5-7(14)15/h6H,3-5H2,1-2H3,(H,14,15)(H,11,12,16). The molecular formula is C10H15N3O3S2.